The Hall–Kier alpha value is -1.66. The van der Waals surface area contributed by atoms with Crippen molar-refractivity contribution in [2.75, 3.05) is 21.3 Å². The fourth-order valence-corrected chi connectivity index (χ4v) is 1.71. The molecule has 6 nitrogen and oxygen atoms in total. The molecule has 0 atom stereocenters. The normalized spacial score (nSPS) is 10.4. The van der Waals surface area contributed by atoms with Gasteiger partial charge in [-0.3, -0.25) is 4.79 Å². The van der Waals surface area contributed by atoms with Crippen molar-refractivity contribution in [3.63, 3.8) is 0 Å². The summed E-state index contributed by atoms with van der Waals surface area (Å²) in [5, 5.41) is 2.76. The summed E-state index contributed by atoms with van der Waals surface area (Å²) in [4.78, 5) is 11.8. The Kier molecular flexibility index (Phi) is 7.32. The van der Waals surface area contributed by atoms with Gasteiger partial charge in [0.2, 0.25) is 11.7 Å². The maximum absolute atomic E-state index is 11.8. The van der Waals surface area contributed by atoms with Crippen LogP contribution in [-0.4, -0.2) is 32.8 Å². The topological polar surface area (TPSA) is 82.8 Å². The summed E-state index contributed by atoms with van der Waals surface area (Å²) in [7, 11) is 4.62. The zero-order valence-corrected chi connectivity index (χ0v) is 13.8. The van der Waals surface area contributed by atoms with Crippen molar-refractivity contribution in [3.05, 3.63) is 17.7 Å². The molecule has 0 saturated carbocycles. The van der Waals surface area contributed by atoms with Gasteiger partial charge in [0.15, 0.2) is 11.5 Å². The van der Waals surface area contributed by atoms with Gasteiger partial charge in [0, 0.05) is 12.1 Å². The molecule has 0 aromatic heterocycles. The summed E-state index contributed by atoms with van der Waals surface area (Å²) in [6.45, 7) is 3.59. The average molecular weight is 319 g/mol. The monoisotopic (exact) mass is 318 g/mol. The van der Waals surface area contributed by atoms with E-state index in [1.54, 1.807) is 27.0 Å². The van der Waals surface area contributed by atoms with Crippen molar-refractivity contribution < 1.29 is 19.0 Å². The summed E-state index contributed by atoms with van der Waals surface area (Å²) in [6, 6.07) is 3.57. The summed E-state index contributed by atoms with van der Waals surface area (Å²) in [6.07, 6.45) is 0. The van der Waals surface area contributed by atoms with E-state index in [0.29, 0.717) is 23.8 Å². The van der Waals surface area contributed by atoms with Gasteiger partial charge in [-0.2, -0.15) is 0 Å². The molecule has 0 fully saturated rings. The highest BCUT2D eigenvalue weighted by Gasteiger charge is 2.22. The van der Waals surface area contributed by atoms with Crippen LogP contribution >= 0.6 is 12.4 Å². The first-order valence-electron chi connectivity index (χ1n) is 6.20. The van der Waals surface area contributed by atoms with Gasteiger partial charge in [0.1, 0.15) is 0 Å². The van der Waals surface area contributed by atoms with Crippen LogP contribution in [0.1, 0.15) is 19.4 Å². The lowest BCUT2D eigenvalue weighted by atomic mass is 10.1. The van der Waals surface area contributed by atoms with E-state index in [4.69, 9.17) is 19.9 Å². The van der Waals surface area contributed by atoms with Crippen LogP contribution in [0, 0.1) is 0 Å². The predicted molar refractivity (Wildman–Crippen MR) is 83.5 cm³/mol. The van der Waals surface area contributed by atoms with Crippen LogP contribution in [0.5, 0.6) is 17.2 Å². The molecule has 0 bridgehead atoms. The highest BCUT2D eigenvalue weighted by Crippen LogP contribution is 2.39. The Balaban J connectivity index is 0.00000400. The number of methoxy groups -OCH3 is 3. The molecule has 0 heterocycles. The summed E-state index contributed by atoms with van der Waals surface area (Å²) < 4.78 is 15.8. The largest absolute Gasteiger partial charge is 0.493 e. The van der Waals surface area contributed by atoms with Crippen molar-refractivity contribution in [3.8, 4) is 17.2 Å². The molecule has 7 heteroatoms. The van der Waals surface area contributed by atoms with Crippen LogP contribution in [-0.2, 0) is 11.3 Å². The molecule has 120 valence electrons. The summed E-state index contributed by atoms with van der Waals surface area (Å²) in [5.74, 6) is 1.35. The number of nitrogens with two attached hydrogens (primary N) is 1. The number of amides is 1. The lowest BCUT2D eigenvalue weighted by Crippen LogP contribution is -2.48. The van der Waals surface area contributed by atoms with Gasteiger partial charge in [-0.15, -0.1) is 12.4 Å². The Morgan fingerprint density at radius 3 is 2.14 bits per heavy atom. The summed E-state index contributed by atoms with van der Waals surface area (Å²) >= 11 is 0. The Morgan fingerprint density at radius 2 is 1.71 bits per heavy atom. The number of hydrogen-bond donors (Lipinski definition) is 2. The lowest BCUT2D eigenvalue weighted by Gasteiger charge is -2.19. The van der Waals surface area contributed by atoms with Gasteiger partial charge < -0.3 is 25.3 Å². The van der Waals surface area contributed by atoms with Gasteiger partial charge in [0.05, 0.1) is 26.9 Å². The van der Waals surface area contributed by atoms with Crippen LogP contribution in [0.15, 0.2) is 12.1 Å². The molecule has 1 aromatic rings. The van der Waals surface area contributed by atoms with Gasteiger partial charge >= 0.3 is 0 Å². The number of halogens is 1. The number of carbonyl (C=O) groups excluding carboxylic acids is 1. The molecule has 0 radical (unpaired) electrons. The van der Waals surface area contributed by atoms with Crippen molar-refractivity contribution in [2.45, 2.75) is 25.9 Å². The van der Waals surface area contributed by atoms with E-state index < -0.39 is 5.54 Å². The molecular weight excluding hydrogens is 296 g/mol. The quantitative estimate of drug-likeness (QED) is 0.830. The average Bonchev–Trinajstić information content (AvgIpc) is 2.42. The first-order chi connectivity index (χ1) is 9.35. The predicted octanol–water partition coefficient (Wildman–Crippen LogP) is 1.49. The molecule has 0 saturated heterocycles. The molecule has 3 N–H and O–H groups in total. The molecule has 0 unspecified atom stereocenters. The lowest BCUT2D eigenvalue weighted by molar-refractivity contribution is -0.125. The molecule has 1 rings (SSSR count). The SMILES string of the molecule is COc1ccc(CNC(=O)C(C)(C)N)c(OC)c1OC.Cl. The molecule has 0 aliphatic rings. The smallest absolute Gasteiger partial charge is 0.239 e. The molecule has 1 amide bonds. The maximum atomic E-state index is 11.8. The Morgan fingerprint density at radius 1 is 1.14 bits per heavy atom. The second-order valence-electron chi connectivity index (χ2n) is 4.90. The van der Waals surface area contributed by atoms with Crippen LogP contribution in [0.4, 0.5) is 0 Å². The van der Waals surface area contributed by atoms with Crippen LogP contribution < -0.4 is 25.3 Å². The van der Waals surface area contributed by atoms with E-state index >= 15 is 0 Å². The Labute approximate surface area is 131 Å². The Bertz CT molecular complexity index is 487. The first kappa shape index (κ1) is 19.3. The van der Waals surface area contributed by atoms with Crippen molar-refractivity contribution in [1.29, 1.82) is 0 Å². The van der Waals surface area contributed by atoms with E-state index in [2.05, 4.69) is 5.32 Å². The van der Waals surface area contributed by atoms with Crippen LogP contribution in [0.3, 0.4) is 0 Å². The molecule has 0 aliphatic heterocycles. The highest BCUT2D eigenvalue weighted by atomic mass is 35.5. The van der Waals surface area contributed by atoms with E-state index in [1.165, 1.54) is 14.2 Å². The second kappa shape index (κ2) is 7.95. The van der Waals surface area contributed by atoms with Crippen molar-refractivity contribution in [1.82, 2.24) is 5.32 Å². The zero-order chi connectivity index (χ0) is 15.3. The number of hydrogen-bond acceptors (Lipinski definition) is 5. The van der Waals surface area contributed by atoms with Crippen molar-refractivity contribution in [2.24, 2.45) is 5.73 Å². The fourth-order valence-electron chi connectivity index (χ4n) is 1.71. The van der Waals surface area contributed by atoms with Gasteiger partial charge in [-0.25, -0.2) is 0 Å². The minimum absolute atomic E-state index is 0. The minimum atomic E-state index is -0.927. The summed E-state index contributed by atoms with van der Waals surface area (Å²) in [5.41, 5.74) is 5.58. The van der Waals surface area contributed by atoms with E-state index in [9.17, 15) is 4.79 Å². The number of rotatable bonds is 6. The number of ether oxygens (including phenoxy) is 3. The van der Waals surface area contributed by atoms with Crippen LogP contribution in [0.2, 0.25) is 0 Å². The van der Waals surface area contributed by atoms with Gasteiger partial charge in [-0.1, -0.05) is 0 Å². The van der Waals surface area contributed by atoms with E-state index in [0.717, 1.165) is 5.56 Å². The van der Waals surface area contributed by atoms with Gasteiger partial charge in [0.25, 0.3) is 0 Å². The number of benzene rings is 1. The van der Waals surface area contributed by atoms with Crippen molar-refractivity contribution >= 4 is 18.3 Å². The first-order valence-corrected chi connectivity index (χ1v) is 6.20. The van der Waals surface area contributed by atoms with E-state index in [-0.39, 0.29) is 18.3 Å². The number of carbonyl (C=O) groups is 1. The fraction of sp³-hybridized carbons (Fsp3) is 0.500. The molecule has 1 aromatic carbocycles. The third kappa shape index (κ3) is 4.68. The third-order valence-electron chi connectivity index (χ3n) is 2.81. The highest BCUT2D eigenvalue weighted by molar-refractivity contribution is 5.85. The third-order valence-corrected chi connectivity index (χ3v) is 2.81. The second-order valence-corrected chi connectivity index (χ2v) is 4.90. The van der Waals surface area contributed by atoms with Crippen LogP contribution in [0.25, 0.3) is 0 Å². The van der Waals surface area contributed by atoms with E-state index in [1.807, 2.05) is 6.07 Å². The standard InChI is InChI=1S/C14H22N2O4.ClH/c1-14(2,15)13(17)16-8-9-6-7-10(18-3)12(20-5)11(9)19-4;/h6-7H,8,15H2,1-5H3,(H,16,17);1H. The zero-order valence-electron chi connectivity index (χ0n) is 13.0. The minimum Gasteiger partial charge on any atom is -0.493 e. The molecule has 0 spiro atoms. The molecule has 21 heavy (non-hydrogen) atoms. The number of nitrogens with one attached hydrogen (secondary N) is 1. The molecule has 0 aliphatic carbocycles. The van der Waals surface area contributed by atoms with Gasteiger partial charge in [-0.05, 0) is 26.0 Å². The molecular formula is C14H23ClN2O4. The maximum Gasteiger partial charge on any atom is 0.239 e.